The summed E-state index contributed by atoms with van der Waals surface area (Å²) in [6.45, 7) is 6.99. The van der Waals surface area contributed by atoms with Gasteiger partial charge in [0.1, 0.15) is 5.75 Å². The van der Waals surface area contributed by atoms with Crippen LogP contribution in [0, 0.1) is 0 Å². The lowest BCUT2D eigenvalue weighted by atomic mass is 10.1. The molecule has 0 aliphatic heterocycles. The lowest BCUT2D eigenvalue weighted by Crippen LogP contribution is -2.26. The third kappa shape index (κ3) is 7.49. The van der Waals surface area contributed by atoms with E-state index in [1.165, 1.54) is 24.8 Å². The van der Waals surface area contributed by atoms with Crippen LogP contribution in [0.3, 0.4) is 0 Å². The molecule has 0 aliphatic rings. The van der Waals surface area contributed by atoms with Crippen molar-refractivity contribution in [3.63, 3.8) is 0 Å². The fraction of sp³-hybridized carbons (Fsp3) is 0.667. The molecule has 3 heteroatoms. The molecule has 1 unspecified atom stereocenters. The summed E-state index contributed by atoms with van der Waals surface area (Å²) >= 11 is 0. The van der Waals surface area contributed by atoms with Crippen LogP contribution in [-0.4, -0.2) is 26.9 Å². The Hall–Kier alpha value is -1.06. The summed E-state index contributed by atoms with van der Waals surface area (Å²) in [6, 6.07) is 8.48. The first-order valence-electron chi connectivity index (χ1n) is 8.26. The Kier molecular flexibility index (Phi) is 9.92. The van der Waals surface area contributed by atoms with Crippen LogP contribution in [0.2, 0.25) is 0 Å². The molecule has 1 aromatic rings. The molecule has 0 amide bonds. The molecule has 0 bridgehead atoms. The van der Waals surface area contributed by atoms with Crippen LogP contribution < -0.4 is 10.1 Å². The predicted octanol–water partition coefficient (Wildman–Crippen LogP) is 4.33. The normalized spacial score (nSPS) is 12.3. The van der Waals surface area contributed by atoms with Crippen molar-refractivity contribution < 1.29 is 9.47 Å². The molecule has 21 heavy (non-hydrogen) atoms. The highest BCUT2D eigenvalue weighted by molar-refractivity contribution is 5.30. The summed E-state index contributed by atoms with van der Waals surface area (Å²) in [5, 5.41) is 3.56. The maximum absolute atomic E-state index is 5.86. The number of hydrogen-bond acceptors (Lipinski definition) is 3. The van der Waals surface area contributed by atoms with Crippen LogP contribution in [0.5, 0.6) is 5.75 Å². The molecule has 0 saturated heterocycles. The Morgan fingerprint density at radius 2 is 1.95 bits per heavy atom. The first-order valence-corrected chi connectivity index (χ1v) is 8.26. The molecule has 0 heterocycles. The predicted molar refractivity (Wildman–Crippen MR) is 89.0 cm³/mol. The number of unbranched alkanes of at least 4 members (excludes halogenated alkanes) is 3. The van der Waals surface area contributed by atoms with E-state index in [1.54, 1.807) is 7.11 Å². The third-order valence-corrected chi connectivity index (χ3v) is 3.56. The zero-order valence-corrected chi connectivity index (χ0v) is 13.9. The topological polar surface area (TPSA) is 30.5 Å². The number of nitrogens with one attached hydrogen (secondary N) is 1. The van der Waals surface area contributed by atoms with Crippen molar-refractivity contribution in [1.29, 1.82) is 0 Å². The van der Waals surface area contributed by atoms with Gasteiger partial charge in [0, 0.05) is 6.61 Å². The van der Waals surface area contributed by atoms with E-state index in [4.69, 9.17) is 9.47 Å². The van der Waals surface area contributed by atoms with Gasteiger partial charge in [-0.25, -0.2) is 0 Å². The molecule has 0 fully saturated rings. The van der Waals surface area contributed by atoms with Gasteiger partial charge in [-0.05, 0) is 37.1 Å². The van der Waals surface area contributed by atoms with Crippen molar-refractivity contribution in [3.8, 4) is 5.75 Å². The fourth-order valence-electron chi connectivity index (χ4n) is 2.28. The van der Waals surface area contributed by atoms with Crippen molar-refractivity contribution in [2.24, 2.45) is 0 Å². The van der Waals surface area contributed by atoms with Crippen LogP contribution in [-0.2, 0) is 4.74 Å². The van der Waals surface area contributed by atoms with Gasteiger partial charge in [-0.15, -0.1) is 0 Å². The lowest BCUT2D eigenvalue weighted by molar-refractivity contribution is 0.108. The van der Waals surface area contributed by atoms with E-state index in [0.29, 0.717) is 0 Å². The van der Waals surface area contributed by atoms with E-state index in [0.717, 1.165) is 38.3 Å². The molecule has 0 radical (unpaired) electrons. The smallest absolute Gasteiger partial charge is 0.119 e. The highest BCUT2D eigenvalue weighted by atomic mass is 16.5. The summed E-state index contributed by atoms with van der Waals surface area (Å²) in [7, 11) is 1.71. The van der Waals surface area contributed by atoms with E-state index >= 15 is 0 Å². The first-order chi connectivity index (χ1) is 10.3. The van der Waals surface area contributed by atoms with Gasteiger partial charge >= 0.3 is 0 Å². The third-order valence-electron chi connectivity index (χ3n) is 3.56. The zero-order chi connectivity index (χ0) is 15.3. The molecule has 3 nitrogen and oxygen atoms in total. The second-order valence-corrected chi connectivity index (χ2v) is 5.42. The Morgan fingerprint density at radius 1 is 1.10 bits per heavy atom. The molecule has 120 valence electrons. The van der Waals surface area contributed by atoms with E-state index in [2.05, 4.69) is 31.3 Å². The minimum atomic E-state index is 0.242. The number of methoxy groups -OCH3 is 1. The summed E-state index contributed by atoms with van der Waals surface area (Å²) in [4.78, 5) is 0. The maximum atomic E-state index is 5.86. The Bertz CT molecular complexity index is 368. The van der Waals surface area contributed by atoms with Crippen LogP contribution in [0.15, 0.2) is 24.3 Å². The van der Waals surface area contributed by atoms with Crippen LogP contribution >= 0.6 is 0 Å². The van der Waals surface area contributed by atoms with Crippen LogP contribution in [0.1, 0.15) is 57.6 Å². The molecule has 1 atom stereocenters. The molecule has 1 aromatic carbocycles. The molecule has 0 spiro atoms. The minimum absolute atomic E-state index is 0.242. The summed E-state index contributed by atoms with van der Waals surface area (Å²) in [5.74, 6) is 0.902. The number of benzene rings is 1. The number of rotatable bonds is 12. The largest absolute Gasteiger partial charge is 0.497 e. The molecule has 1 rings (SSSR count). The van der Waals surface area contributed by atoms with Gasteiger partial charge in [-0.1, -0.05) is 45.2 Å². The second kappa shape index (κ2) is 11.6. The molecular weight excluding hydrogens is 262 g/mol. The van der Waals surface area contributed by atoms with Gasteiger partial charge in [-0.2, -0.15) is 0 Å². The van der Waals surface area contributed by atoms with E-state index in [9.17, 15) is 0 Å². The zero-order valence-electron chi connectivity index (χ0n) is 13.9. The average Bonchev–Trinajstić information content (AvgIpc) is 2.53. The average molecular weight is 293 g/mol. The first kappa shape index (κ1) is 18.0. The van der Waals surface area contributed by atoms with Crippen molar-refractivity contribution in [3.05, 3.63) is 29.8 Å². The van der Waals surface area contributed by atoms with Crippen molar-refractivity contribution in [2.45, 2.75) is 52.0 Å². The van der Waals surface area contributed by atoms with E-state index in [1.807, 2.05) is 12.1 Å². The van der Waals surface area contributed by atoms with E-state index in [-0.39, 0.29) is 6.04 Å². The Morgan fingerprint density at radius 3 is 2.67 bits per heavy atom. The van der Waals surface area contributed by atoms with E-state index < -0.39 is 0 Å². The van der Waals surface area contributed by atoms with Crippen molar-refractivity contribution in [2.75, 3.05) is 26.9 Å². The molecule has 0 saturated carbocycles. The molecular formula is C18H31NO2. The quantitative estimate of drug-likeness (QED) is 0.582. The van der Waals surface area contributed by atoms with Crippen molar-refractivity contribution >= 4 is 0 Å². The summed E-state index contributed by atoms with van der Waals surface area (Å²) in [6.07, 6.45) is 6.12. The monoisotopic (exact) mass is 293 g/mol. The highest BCUT2D eigenvalue weighted by Crippen LogP contribution is 2.19. The number of hydrogen-bond donors (Lipinski definition) is 1. The summed E-state index contributed by atoms with van der Waals surface area (Å²) in [5.41, 5.74) is 1.23. The van der Waals surface area contributed by atoms with Gasteiger partial charge < -0.3 is 14.8 Å². The maximum Gasteiger partial charge on any atom is 0.119 e. The van der Waals surface area contributed by atoms with Gasteiger partial charge in [-0.3, -0.25) is 0 Å². The molecule has 0 aliphatic carbocycles. The minimum Gasteiger partial charge on any atom is -0.497 e. The van der Waals surface area contributed by atoms with Gasteiger partial charge in [0.05, 0.1) is 19.8 Å². The SMILES string of the molecule is CCCCCCOCC(NCCC)c1cccc(OC)c1. The fourth-order valence-corrected chi connectivity index (χ4v) is 2.28. The standard InChI is InChI=1S/C18H31NO2/c1-4-6-7-8-13-21-15-18(19-12-5-2)16-10-9-11-17(14-16)20-3/h9-11,14,18-19H,4-8,12-13,15H2,1-3H3. The van der Waals surface area contributed by atoms with Gasteiger partial charge in [0.2, 0.25) is 0 Å². The molecule has 0 aromatic heterocycles. The Balaban J connectivity index is 2.46. The summed E-state index contributed by atoms with van der Waals surface area (Å²) < 4.78 is 11.2. The van der Waals surface area contributed by atoms with Crippen molar-refractivity contribution in [1.82, 2.24) is 5.32 Å². The Labute approximate surface area is 130 Å². The van der Waals surface area contributed by atoms with Gasteiger partial charge in [0.15, 0.2) is 0 Å². The van der Waals surface area contributed by atoms with Crippen LogP contribution in [0.25, 0.3) is 0 Å². The highest BCUT2D eigenvalue weighted by Gasteiger charge is 2.11. The van der Waals surface area contributed by atoms with Crippen LogP contribution in [0.4, 0.5) is 0 Å². The number of ether oxygens (including phenoxy) is 2. The lowest BCUT2D eigenvalue weighted by Gasteiger charge is -2.19. The molecule has 1 N–H and O–H groups in total. The second-order valence-electron chi connectivity index (χ2n) is 5.42. The van der Waals surface area contributed by atoms with Gasteiger partial charge in [0.25, 0.3) is 0 Å².